The number of pyridine rings is 1. The van der Waals surface area contributed by atoms with Crippen LogP contribution < -0.4 is 11.1 Å². The molecule has 1 amide bonds. The van der Waals surface area contributed by atoms with Crippen molar-refractivity contribution < 1.29 is 22.4 Å². The molecule has 0 spiro atoms. The molecule has 2 heterocycles. The van der Waals surface area contributed by atoms with Crippen molar-refractivity contribution in [3.8, 4) is 0 Å². The zero-order valence-electron chi connectivity index (χ0n) is 17.8. The maximum absolute atomic E-state index is 13.6. The van der Waals surface area contributed by atoms with E-state index >= 15 is 0 Å². The molecular formula is C22H24F4N6O. The van der Waals surface area contributed by atoms with Gasteiger partial charge in [0.15, 0.2) is 5.69 Å². The van der Waals surface area contributed by atoms with Crippen molar-refractivity contribution >= 4 is 11.9 Å². The molecule has 1 fully saturated rings. The van der Waals surface area contributed by atoms with Crippen LogP contribution in [0.3, 0.4) is 0 Å². The van der Waals surface area contributed by atoms with Gasteiger partial charge in [-0.1, -0.05) is 31.9 Å². The summed E-state index contributed by atoms with van der Waals surface area (Å²) in [4.78, 5) is 20.5. The topological polar surface area (TPSA) is 98.2 Å². The van der Waals surface area contributed by atoms with Crippen molar-refractivity contribution in [3.63, 3.8) is 0 Å². The molecule has 3 rings (SSSR count). The summed E-state index contributed by atoms with van der Waals surface area (Å²) in [5.74, 6) is -2.33. The summed E-state index contributed by atoms with van der Waals surface area (Å²) >= 11 is 0. The van der Waals surface area contributed by atoms with Gasteiger partial charge in [-0.2, -0.15) is 18.3 Å². The number of carbonyl (C=O) groups excluding carboxylic acids is 1. The van der Waals surface area contributed by atoms with Crippen LogP contribution in [0.4, 0.5) is 17.6 Å². The highest BCUT2D eigenvalue weighted by atomic mass is 19.4. The standard InChI is InChI=1S/C22H24F4N6O/c1-2-16(23)12-29-20(27)32-13-17(18(31-32)22(24,25)26)19(33)30-14-21(8-4-3-5-9-21)15-7-6-10-28-11-15/h2,6-7,10-13H,1,3-5,8-9,14H2,(H2,27,29)(H,30,33)/b16-12+. The van der Waals surface area contributed by atoms with E-state index in [9.17, 15) is 22.4 Å². The summed E-state index contributed by atoms with van der Waals surface area (Å²) in [5.41, 5.74) is 4.02. The van der Waals surface area contributed by atoms with E-state index in [2.05, 4.69) is 27.0 Å². The molecule has 11 heteroatoms. The molecule has 0 saturated heterocycles. The van der Waals surface area contributed by atoms with Gasteiger partial charge in [-0.05, 0) is 30.5 Å². The van der Waals surface area contributed by atoms with E-state index in [1.807, 2.05) is 6.07 Å². The Morgan fingerprint density at radius 3 is 2.67 bits per heavy atom. The van der Waals surface area contributed by atoms with E-state index in [0.717, 1.165) is 49.9 Å². The zero-order chi connectivity index (χ0) is 24.1. The van der Waals surface area contributed by atoms with Crippen molar-refractivity contribution in [2.75, 3.05) is 6.54 Å². The summed E-state index contributed by atoms with van der Waals surface area (Å²) in [6, 6.07) is 3.71. The highest BCUT2D eigenvalue weighted by molar-refractivity contribution is 5.96. The predicted octanol–water partition coefficient (Wildman–Crippen LogP) is 4.09. The molecule has 33 heavy (non-hydrogen) atoms. The third-order valence-corrected chi connectivity index (χ3v) is 5.65. The van der Waals surface area contributed by atoms with Gasteiger partial charge in [0.05, 0.1) is 11.8 Å². The van der Waals surface area contributed by atoms with Gasteiger partial charge in [0, 0.05) is 30.6 Å². The molecule has 7 nitrogen and oxygen atoms in total. The quantitative estimate of drug-likeness (QED) is 0.291. The van der Waals surface area contributed by atoms with Crippen molar-refractivity contribution in [3.05, 3.63) is 72.2 Å². The van der Waals surface area contributed by atoms with Gasteiger partial charge in [-0.3, -0.25) is 9.78 Å². The van der Waals surface area contributed by atoms with Crippen LogP contribution in [0.2, 0.25) is 0 Å². The Bertz CT molecular complexity index is 1050. The van der Waals surface area contributed by atoms with E-state index in [1.54, 1.807) is 18.5 Å². The smallest absolute Gasteiger partial charge is 0.368 e. The minimum Gasteiger partial charge on any atom is -0.368 e. The summed E-state index contributed by atoms with van der Waals surface area (Å²) in [6.07, 6.45) is 5.32. The van der Waals surface area contributed by atoms with Crippen molar-refractivity contribution in [2.45, 2.75) is 43.7 Å². The maximum Gasteiger partial charge on any atom is 0.435 e. The second-order valence-corrected chi connectivity index (χ2v) is 7.80. The third kappa shape index (κ3) is 5.65. The molecule has 0 aromatic carbocycles. The SMILES string of the molecule is C=C/C(F)=C\N=C(N)n1cc(C(=O)NCC2(c3cccnc3)CCCCC2)c(C(F)(F)F)n1. The fraction of sp³-hybridized carbons (Fsp3) is 0.364. The molecule has 3 N–H and O–H groups in total. The molecule has 176 valence electrons. The normalized spacial score (nSPS) is 17.0. The molecule has 2 aromatic rings. The lowest BCUT2D eigenvalue weighted by molar-refractivity contribution is -0.141. The van der Waals surface area contributed by atoms with Crippen LogP contribution in [0.1, 0.15) is 53.7 Å². The number of nitrogens with one attached hydrogen (secondary N) is 1. The van der Waals surface area contributed by atoms with Gasteiger partial charge in [0.25, 0.3) is 5.91 Å². The van der Waals surface area contributed by atoms with Crippen molar-refractivity contribution in [1.82, 2.24) is 20.1 Å². The Morgan fingerprint density at radius 1 is 1.33 bits per heavy atom. The van der Waals surface area contributed by atoms with E-state index in [4.69, 9.17) is 5.73 Å². The molecule has 0 unspecified atom stereocenters. The Hall–Kier alpha value is -3.50. The number of alkyl halides is 3. The molecule has 0 aliphatic heterocycles. The second kappa shape index (κ2) is 9.97. The van der Waals surface area contributed by atoms with Gasteiger partial charge >= 0.3 is 6.18 Å². The van der Waals surface area contributed by atoms with Crippen LogP contribution in [0.5, 0.6) is 0 Å². The Balaban J connectivity index is 1.88. The first-order valence-electron chi connectivity index (χ1n) is 10.3. The number of nitrogens with two attached hydrogens (primary N) is 1. The lowest BCUT2D eigenvalue weighted by Crippen LogP contribution is -2.42. The Labute approximate surface area is 188 Å². The first kappa shape index (κ1) is 24.1. The summed E-state index contributed by atoms with van der Waals surface area (Å²) in [7, 11) is 0. The number of nitrogens with zero attached hydrogens (tertiary/aromatic N) is 4. The molecule has 0 bridgehead atoms. The van der Waals surface area contributed by atoms with E-state index in [0.29, 0.717) is 10.9 Å². The average Bonchev–Trinajstić information content (AvgIpc) is 3.28. The zero-order valence-corrected chi connectivity index (χ0v) is 17.8. The van der Waals surface area contributed by atoms with Crippen molar-refractivity contribution in [1.29, 1.82) is 0 Å². The van der Waals surface area contributed by atoms with Crippen LogP contribution in [-0.4, -0.2) is 33.2 Å². The van der Waals surface area contributed by atoms with Gasteiger partial charge in [0.2, 0.25) is 5.96 Å². The van der Waals surface area contributed by atoms with E-state index in [1.165, 1.54) is 0 Å². The first-order chi connectivity index (χ1) is 15.7. The van der Waals surface area contributed by atoms with Gasteiger partial charge in [-0.15, -0.1) is 0 Å². The number of aliphatic imine (C=N–C) groups is 1. The lowest BCUT2D eigenvalue weighted by Gasteiger charge is -2.37. The molecular weight excluding hydrogens is 440 g/mol. The number of amides is 1. The molecule has 1 aliphatic rings. The Morgan fingerprint density at radius 2 is 2.06 bits per heavy atom. The maximum atomic E-state index is 13.6. The van der Waals surface area contributed by atoms with Crippen LogP contribution >= 0.6 is 0 Å². The first-order valence-corrected chi connectivity index (χ1v) is 10.3. The molecule has 0 radical (unpaired) electrons. The number of halogens is 4. The fourth-order valence-corrected chi connectivity index (χ4v) is 3.92. The van der Waals surface area contributed by atoms with E-state index < -0.39 is 40.5 Å². The summed E-state index contributed by atoms with van der Waals surface area (Å²) in [5, 5.41) is 6.01. The van der Waals surface area contributed by atoms with E-state index in [-0.39, 0.29) is 6.54 Å². The molecule has 0 atom stereocenters. The van der Waals surface area contributed by atoms with Gasteiger partial charge in [0.1, 0.15) is 5.83 Å². The minimum atomic E-state index is -4.91. The third-order valence-electron chi connectivity index (χ3n) is 5.65. The van der Waals surface area contributed by atoms with Crippen LogP contribution in [0, 0.1) is 0 Å². The van der Waals surface area contributed by atoms with Crippen LogP contribution in [0.25, 0.3) is 0 Å². The number of hydrogen-bond donors (Lipinski definition) is 2. The molecule has 2 aromatic heterocycles. The number of rotatable bonds is 6. The fourth-order valence-electron chi connectivity index (χ4n) is 3.92. The average molecular weight is 464 g/mol. The summed E-state index contributed by atoms with van der Waals surface area (Å²) in [6.45, 7) is 3.34. The summed E-state index contributed by atoms with van der Waals surface area (Å²) < 4.78 is 54.4. The van der Waals surface area contributed by atoms with Gasteiger partial charge < -0.3 is 11.1 Å². The molecule has 1 aliphatic carbocycles. The monoisotopic (exact) mass is 464 g/mol. The lowest BCUT2D eigenvalue weighted by atomic mass is 9.70. The highest BCUT2D eigenvalue weighted by Gasteiger charge is 2.40. The molecule has 1 saturated carbocycles. The number of hydrogen-bond acceptors (Lipinski definition) is 4. The highest BCUT2D eigenvalue weighted by Crippen LogP contribution is 2.39. The van der Waals surface area contributed by atoms with Gasteiger partial charge in [-0.25, -0.2) is 14.1 Å². The number of aromatic nitrogens is 3. The largest absolute Gasteiger partial charge is 0.435 e. The number of allylic oxidation sites excluding steroid dienone is 2. The van der Waals surface area contributed by atoms with Crippen molar-refractivity contribution in [2.24, 2.45) is 10.7 Å². The van der Waals surface area contributed by atoms with Crippen LogP contribution in [0.15, 0.2) is 60.4 Å². The Kier molecular flexibility index (Phi) is 7.29. The predicted molar refractivity (Wildman–Crippen MR) is 115 cm³/mol. The second-order valence-electron chi connectivity index (χ2n) is 7.80. The number of carbonyl (C=O) groups is 1. The van der Waals surface area contributed by atoms with Crippen LogP contribution in [-0.2, 0) is 11.6 Å². The minimum absolute atomic E-state index is 0.150.